The number of rotatable bonds is 7. The van der Waals surface area contributed by atoms with Crippen LogP contribution in [-0.2, 0) is 17.8 Å². The molecule has 42 heavy (non-hydrogen) atoms. The van der Waals surface area contributed by atoms with Crippen molar-refractivity contribution in [1.82, 2.24) is 14.7 Å². The molecule has 0 bridgehead atoms. The molecule has 5 rings (SSSR count). The van der Waals surface area contributed by atoms with Crippen LogP contribution in [0, 0.1) is 6.92 Å². The molecule has 3 aliphatic heterocycles. The average Bonchev–Trinajstić information content (AvgIpc) is 3.14. The Labute approximate surface area is 253 Å². The van der Waals surface area contributed by atoms with E-state index in [2.05, 4.69) is 29.2 Å². The molecule has 3 atom stereocenters. The van der Waals surface area contributed by atoms with Crippen molar-refractivity contribution in [2.75, 3.05) is 45.6 Å². The molecule has 2 N–H and O–H groups in total. The number of carboxylic acid groups (broad SMARTS) is 1. The van der Waals surface area contributed by atoms with Crippen LogP contribution in [0.25, 0.3) is 0 Å². The minimum atomic E-state index is -1.02. The summed E-state index contributed by atoms with van der Waals surface area (Å²) in [5.41, 5.74) is 2.63. The molecule has 0 spiro atoms. The van der Waals surface area contributed by atoms with E-state index in [9.17, 15) is 19.5 Å². The lowest BCUT2D eigenvalue weighted by molar-refractivity contribution is -0.942. The number of aryl methyl sites for hydroxylation is 1. The molecule has 0 aromatic heterocycles. The normalized spacial score (nSPS) is 27.3. The molecule has 2 aromatic rings. The summed E-state index contributed by atoms with van der Waals surface area (Å²) >= 11 is 6.50. The van der Waals surface area contributed by atoms with Gasteiger partial charge in [-0.2, -0.15) is 4.79 Å². The number of para-hydroxylation sites is 1. The zero-order valence-electron chi connectivity index (χ0n) is 24.9. The second-order valence-corrected chi connectivity index (χ2v) is 12.8. The van der Waals surface area contributed by atoms with Gasteiger partial charge >= 0.3 is 12.1 Å². The Kier molecular flexibility index (Phi) is 8.94. The van der Waals surface area contributed by atoms with Crippen LogP contribution in [-0.4, -0.2) is 101 Å². The molecule has 2 fully saturated rings. The molecule has 9 nitrogen and oxygen atoms in total. The molecule has 0 saturated carbocycles. The number of benzene rings is 2. The fourth-order valence-electron chi connectivity index (χ4n) is 7.57. The quantitative estimate of drug-likeness (QED) is 0.337. The van der Waals surface area contributed by atoms with E-state index in [-0.39, 0.29) is 29.5 Å². The Bertz CT molecular complexity index is 1330. The molecular formula is C32H43ClN5O4+. The zero-order chi connectivity index (χ0) is 30.1. The highest BCUT2D eigenvalue weighted by Gasteiger charge is 2.63. The Morgan fingerprint density at radius 1 is 1.17 bits per heavy atom. The number of likely N-dealkylation sites (tertiary alicyclic amines) is 2. The molecule has 3 heterocycles. The molecule has 2 aromatic carbocycles. The van der Waals surface area contributed by atoms with Gasteiger partial charge in [-0.25, -0.2) is 9.28 Å². The van der Waals surface area contributed by atoms with Gasteiger partial charge in [0.15, 0.2) is 5.66 Å². The van der Waals surface area contributed by atoms with Gasteiger partial charge in [-0.1, -0.05) is 41.9 Å². The molecule has 226 valence electrons. The minimum absolute atomic E-state index is 0.0672. The molecule has 3 amide bonds. The van der Waals surface area contributed by atoms with Crippen molar-refractivity contribution in [3.63, 3.8) is 0 Å². The fraction of sp³-hybridized carbons (Fsp3) is 0.531. The maximum absolute atomic E-state index is 13.6. The number of halogens is 1. The Hall–Kier alpha value is -2.98. The monoisotopic (exact) mass is 596 g/mol. The highest BCUT2D eigenvalue weighted by molar-refractivity contribution is 6.31. The minimum Gasteiger partial charge on any atom is -0.435 e. The highest BCUT2D eigenvalue weighted by atomic mass is 35.5. The van der Waals surface area contributed by atoms with Crippen LogP contribution in [0.5, 0.6) is 0 Å². The van der Waals surface area contributed by atoms with Gasteiger partial charge < -0.3 is 25.0 Å². The van der Waals surface area contributed by atoms with E-state index < -0.39 is 11.8 Å². The SMILES string of the molecule is Cc1ccc(C[N@+]2(C(=O)O)CCC(N3CCc4ccccc4NC3=O)CC2(CC=O)N2CCC(N(C)C)CC2)cc1Cl. The highest BCUT2D eigenvalue weighted by Crippen LogP contribution is 2.46. The number of piperidine rings is 2. The van der Waals surface area contributed by atoms with Crippen LogP contribution in [0.2, 0.25) is 5.02 Å². The number of amides is 3. The number of carbonyl (C=O) groups is 3. The van der Waals surface area contributed by atoms with Crippen LogP contribution < -0.4 is 5.32 Å². The number of hydrogen-bond donors (Lipinski definition) is 2. The largest absolute Gasteiger partial charge is 0.515 e. The van der Waals surface area contributed by atoms with Gasteiger partial charge in [-0.15, -0.1) is 0 Å². The van der Waals surface area contributed by atoms with Crippen LogP contribution in [0.1, 0.15) is 48.8 Å². The van der Waals surface area contributed by atoms with E-state index in [1.165, 1.54) is 0 Å². The smallest absolute Gasteiger partial charge is 0.435 e. The summed E-state index contributed by atoms with van der Waals surface area (Å²) in [5, 5.41) is 14.8. The molecule has 0 radical (unpaired) electrons. The summed E-state index contributed by atoms with van der Waals surface area (Å²) in [6.07, 6.45) is 3.39. The Morgan fingerprint density at radius 3 is 2.57 bits per heavy atom. The maximum atomic E-state index is 13.6. The van der Waals surface area contributed by atoms with Crippen molar-refractivity contribution in [2.24, 2.45) is 0 Å². The average molecular weight is 597 g/mol. The number of aldehydes is 1. The molecule has 10 heteroatoms. The van der Waals surface area contributed by atoms with Crippen molar-refractivity contribution in [2.45, 2.75) is 69.7 Å². The summed E-state index contributed by atoms with van der Waals surface area (Å²) < 4.78 is -0.288. The molecule has 2 unspecified atom stereocenters. The first-order valence-electron chi connectivity index (χ1n) is 15.0. The third-order valence-electron chi connectivity index (χ3n) is 10.0. The van der Waals surface area contributed by atoms with E-state index in [0.717, 1.165) is 41.5 Å². The predicted molar refractivity (Wildman–Crippen MR) is 164 cm³/mol. The zero-order valence-corrected chi connectivity index (χ0v) is 25.6. The second-order valence-electron chi connectivity index (χ2n) is 12.4. The lowest BCUT2D eigenvalue weighted by Crippen LogP contribution is -2.78. The van der Waals surface area contributed by atoms with E-state index in [4.69, 9.17) is 11.6 Å². The summed E-state index contributed by atoms with van der Waals surface area (Å²) in [4.78, 5) is 46.1. The molecule has 2 saturated heterocycles. The Balaban J connectivity index is 1.55. The number of hydrogen-bond acceptors (Lipinski definition) is 5. The van der Waals surface area contributed by atoms with Crippen molar-refractivity contribution < 1.29 is 24.0 Å². The molecule has 0 aliphatic carbocycles. The number of nitrogens with one attached hydrogen (secondary N) is 1. The van der Waals surface area contributed by atoms with Gasteiger partial charge in [0.1, 0.15) is 12.8 Å². The fourth-order valence-corrected chi connectivity index (χ4v) is 7.77. The summed E-state index contributed by atoms with van der Waals surface area (Å²) in [6.45, 7) is 4.33. The first-order chi connectivity index (χ1) is 20.1. The van der Waals surface area contributed by atoms with Crippen molar-refractivity contribution >= 4 is 35.7 Å². The summed E-state index contributed by atoms with van der Waals surface area (Å²) in [5.74, 6) is 0. The van der Waals surface area contributed by atoms with Crippen LogP contribution >= 0.6 is 11.6 Å². The maximum Gasteiger partial charge on any atom is 0.515 e. The number of quaternary nitrogens is 1. The van der Waals surface area contributed by atoms with Gasteiger partial charge in [0.05, 0.1) is 13.0 Å². The number of nitrogens with zero attached hydrogens (tertiary/aromatic N) is 4. The topological polar surface area (TPSA) is 93.2 Å². The first kappa shape index (κ1) is 30.5. The van der Waals surface area contributed by atoms with Gasteiger partial charge in [0.25, 0.3) is 0 Å². The van der Waals surface area contributed by atoms with E-state index in [1.807, 2.05) is 54.3 Å². The number of anilines is 1. The van der Waals surface area contributed by atoms with Crippen molar-refractivity contribution in [3.05, 3.63) is 64.2 Å². The van der Waals surface area contributed by atoms with E-state index in [1.54, 1.807) is 0 Å². The van der Waals surface area contributed by atoms with Crippen molar-refractivity contribution in [1.29, 1.82) is 0 Å². The lowest BCUT2D eigenvalue weighted by Gasteiger charge is -2.59. The van der Waals surface area contributed by atoms with Gasteiger partial charge in [0.2, 0.25) is 0 Å². The second kappa shape index (κ2) is 12.3. The van der Waals surface area contributed by atoms with Crippen LogP contribution in [0.3, 0.4) is 0 Å². The van der Waals surface area contributed by atoms with Gasteiger partial charge in [0, 0.05) is 60.8 Å². The Morgan fingerprint density at radius 2 is 1.90 bits per heavy atom. The van der Waals surface area contributed by atoms with E-state index >= 15 is 0 Å². The third kappa shape index (κ3) is 5.55. The first-order valence-corrected chi connectivity index (χ1v) is 15.3. The number of fused-ring (bicyclic) bond motifs is 1. The lowest BCUT2D eigenvalue weighted by atomic mass is 9.81. The molecular weight excluding hydrogens is 554 g/mol. The van der Waals surface area contributed by atoms with Gasteiger partial charge in [-0.05, 0) is 63.5 Å². The standard InChI is InChI=1S/C32H42ClN5O4/c1-23-8-9-24(20-28(23)33)22-38(31(41)42)18-13-27(37-17-10-25-6-4-5-7-29(25)34-30(37)40)21-32(38,14-19-39)36-15-11-26(12-16-36)35(2)3/h4-9,19-20,26-27H,10-18,21-22H2,1-3H3,(H-,34,40,41,42)/p+1/t27?,32?,38-/m0/s1. The van der Waals surface area contributed by atoms with Crippen molar-refractivity contribution in [3.8, 4) is 0 Å². The summed E-state index contributed by atoms with van der Waals surface area (Å²) in [7, 11) is 4.15. The van der Waals surface area contributed by atoms with Crippen LogP contribution in [0.4, 0.5) is 15.3 Å². The molecule has 3 aliphatic rings. The van der Waals surface area contributed by atoms with E-state index in [0.29, 0.717) is 56.5 Å². The van der Waals surface area contributed by atoms with Gasteiger partial charge in [-0.3, -0.25) is 4.90 Å². The number of carbonyl (C=O) groups excluding carboxylic acids is 2. The summed E-state index contributed by atoms with van der Waals surface area (Å²) in [6, 6.07) is 13.6. The van der Waals surface area contributed by atoms with Crippen LogP contribution in [0.15, 0.2) is 42.5 Å². The third-order valence-corrected chi connectivity index (χ3v) is 10.4. The predicted octanol–water partition coefficient (Wildman–Crippen LogP) is 5.21. The number of urea groups is 1.